The number of hydrogen-bond donors (Lipinski definition) is 2. The molecule has 3 N–H and O–H groups in total. The normalized spacial score (nSPS) is 25.7. The van der Waals surface area contributed by atoms with Crippen LogP contribution in [-0.2, 0) is 17.6 Å². The minimum Gasteiger partial charge on any atom is -0.389 e. The quantitative estimate of drug-likeness (QED) is 0.853. The molecule has 0 saturated heterocycles. The maximum Gasteiger partial charge on any atom is 0.0713 e. The lowest BCUT2D eigenvalue weighted by Gasteiger charge is -2.48. The third-order valence-electron chi connectivity index (χ3n) is 4.85. The SMILES string of the molecule is COCCC(C)(O)C1(CN)CCc2ccccc2C1. The molecule has 0 saturated carbocycles. The molecule has 2 atom stereocenters. The summed E-state index contributed by atoms with van der Waals surface area (Å²) in [6, 6.07) is 8.48. The van der Waals surface area contributed by atoms with Crippen molar-refractivity contribution in [1.29, 1.82) is 0 Å². The van der Waals surface area contributed by atoms with Gasteiger partial charge in [0, 0.05) is 25.7 Å². The van der Waals surface area contributed by atoms with Crippen LogP contribution in [0.1, 0.15) is 30.9 Å². The van der Waals surface area contributed by atoms with Crippen LogP contribution in [0.15, 0.2) is 24.3 Å². The Morgan fingerprint density at radius 2 is 2.05 bits per heavy atom. The summed E-state index contributed by atoms with van der Waals surface area (Å²) in [7, 11) is 1.67. The Hall–Kier alpha value is -0.900. The molecule has 0 aromatic heterocycles. The molecular formula is C16H25NO2. The zero-order chi connectivity index (χ0) is 13.9. The summed E-state index contributed by atoms with van der Waals surface area (Å²) < 4.78 is 5.13. The van der Waals surface area contributed by atoms with Crippen molar-refractivity contribution in [2.45, 2.75) is 38.2 Å². The second-order valence-electron chi connectivity index (χ2n) is 5.95. The first-order valence-corrected chi connectivity index (χ1v) is 7.03. The van der Waals surface area contributed by atoms with Crippen molar-refractivity contribution in [2.24, 2.45) is 11.1 Å². The summed E-state index contributed by atoms with van der Waals surface area (Å²) in [6.07, 6.45) is 3.42. The second kappa shape index (κ2) is 5.61. The fraction of sp³-hybridized carbons (Fsp3) is 0.625. The molecule has 0 radical (unpaired) electrons. The van der Waals surface area contributed by atoms with Crippen LogP contribution in [-0.4, -0.2) is 31.0 Å². The van der Waals surface area contributed by atoms with E-state index in [1.165, 1.54) is 11.1 Å². The van der Waals surface area contributed by atoms with Crippen molar-refractivity contribution in [3.05, 3.63) is 35.4 Å². The Morgan fingerprint density at radius 1 is 1.37 bits per heavy atom. The Bertz CT molecular complexity index is 431. The summed E-state index contributed by atoms with van der Waals surface area (Å²) in [5.41, 5.74) is 7.76. The highest BCUT2D eigenvalue weighted by Gasteiger charge is 2.47. The number of fused-ring (bicyclic) bond motifs is 1. The number of nitrogens with two attached hydrogens (primary N) is 1. The number of methoxy groups -OCH3 is 1. The van der Waals surface area contributed by atoms with Crippen molar-refractivity contribution in [2.75, 3.05) is 20.3 Å². The topological polar surface area (TPSA) is 55.5 Å². The highest BCUT2D eigenvalue weighted by atomic mass is 16.5. The van der Waals surface area contributed by atoms with Crippen molar-refractivity contribution in [1.82, 2.24) is 0 Å². The number of hydrogen-bond acceptors (Lipinski definition) is 3. The van der Waals surface area contributed by atoms with Gasteiger partial charge in [-0.1, -0.05) is 24.3 Å². The summed E-state index contributed by atoms with van der Waals surface area (Å²) >= 11 is 0. The summed E-state index contributed by atoms with van der Waals surface area (Å²) in [6.45, 7) is 2.99. The molecule has 19 heavy (non-hydrogen) atoms. The zero-order valence-electron chi connectivity index (χ0n) is 12.0. The Morgan fingerprint density at radius 3 is 2.68 bits per heavy atom. The van der Waals surface area contributed by atoms with Gasteiger partial charge in [0.15, 0.2) is 0 Å². The minimum absolute atomic E-state index is 0.236. The number of rotatable bonds is 5. The van der Waals surface area contributed by atoms with Gasteiger partial charge in [0.05, 0.1) is 5.60 Å². The smallest absolute Gasteiger partial charge is 0.0713 e. The predicted octanol–water partition coefficient (Wildman–Crippen LogP) is 1.91. The highest BCUT2D eigenvalue weighted by molar-refractivity contribution is 5.32. The molecule has 0 spiro atoms. The molecule has 0 heterocycles. The van der Waals surface area contributed by atoms with Crippen molar-refractivity contribution in [3.8, 4) is 0 Å². The van der Waals surface area contributed by atoms with E-state index < -0.39 is 5.60 Å². The summed E-state index contributed by atoms with van der Waals surface area (Å²) in [4.78, 5) is 0. The standard InChI is InChI=1S/C16H25NO2/c1-15(18,9-10-19-2)16(12-17)8-7-13-5-3-4-6-14(13)11-16/h3-6,18H,7-12,17H2,1-2H3. The lowest BCUT2D eigenvalue weighted by molar-refractivity contribution is -0.0900. The van der Waals surface area contributed by atoms with Crippen molar-refractivity contribution >= 4 is 0 Å². The van der Waals surface area contributed by atoms with Crippen LogP contribution in [0.4, 0.5) is 0 Å². The Kier molecular flexibility index (Phi) is 4.29. The molecule has 2 rings (SSSR count). The average Bonchev–Trinajstić information content (AvgIpc) is 2.44. The van der Waals surface area contributed by atoms with E-state index in [-0.39, 0.29) is 5.41 Å². The molecule has 2 unspecified atom stereocenters. The van der Waals surface area contributed by atoms with Gasteiger partial charge in [-0.3, -0.25) is 0 Å². The van der Waals surface area contributed by atoms with Gasteiger partial charge in [-0.25, -0.2) is 0 Å². The van der Waals surface area contributed by atoms with E-state index in [0.29, 0.717) is 19.6 Å². The molecular weight excluding hydrogens is 238 g/mol. The van der Waals surface area contributed by atoms with Crippen LogP contribution in [0, 0.1) is 5.41 Å². The first kappa shape index (κ1) is 14.5. The van der Waals surface area contributed by atoms with Gasteiger partial charge in [-0.15, -0.1) is 0 Å². The van der Waals surface area contributed by atoms with E-state index in [0.717, 1.165) is 19.3 Å². The van der Waals surface area contributed by atoms with E-state index >= 15 is 0 Å². The number of aliphatic hydroxyl groups is 1. The summed E-state index contributed by atoms with van der Waals surface area (Å²) in [5, 5.41) is 10.9. The van der Waals surface area contributed by atoms with Gasteiger partial charge >= 0.3 is 0 Å². The van der Waals surface area contributed by atoms with Crippen LogP contribution in [0.25, 0.3) is 0 Å². The van der Waals surface area contributed by atoms with E-state index in [4.69, 9.17) is 10.5 Å². The van der Waals surface area contributed by atoms with Crippen molar-refractivity contribution < 1.29 is 9.84 Å². The largest absolute Gasteiger partial charge is 0.389 e. The molecule has 3 heteroatoms. The van der Waals surface area contributed by atoms with E-state index in [9.17, 15) is 5.11 Å². The molecule has 1 aliphatic carbocycles. The van der Waals surface area contributed by atoms with Crippen LogP contribution >= 0.6 is 0 Å². The Balaban J connectivity index is 2.26. The van der Waals surface area contributed by atoms with Crippen LogP contribution in [0.3, 0.4) is 0 Å². The fourth-order valence-corrected chi connectivity index (χ4v) is 3.22. The van der Waals surface area contributed by atoms with Crippen molar-refractivity contribution in [3.63, 3.8) is 0 Å². The number of benzene rings is 1. The average molecular weight is 263 g/mol. The van der Waals surface area contributed by atoms with Gasteiger partial charge in [0.1, 0.15) is 0 Å². The number of aryl methyl sites for hydroxylation is 1. The molecule has 1 aliphatic rings. The Labute approximate surface area is 115 Å². The second-order valence-corrected chi connectivity index (χ2v) is 5.95. The van der Waals surface area contributed by atoms with Crippen LogP contribution in [0.2, 0.25) is 0 Å². The monoisotopic (exact) mass is 263 g/mol. The molecule has 1 aromatic carbocycles. The fourth-order valence-electron chi connectivity index (χ4n) is 3.22. The van der Waals surface area contributed by atoms with Crippen LogP contribution < -0.4 is 5.73 Å². The maximum absolute atomic E-state index is 10.9. The number of ether oxygens (including phenoxy) is 1. The van der Waals surface area contributed by atoms with Gasteiger partial charge in [0.25, 0.3) is 0 Å². The molecule has 106 valence electrons. The molecule has 1 aromatic rings. The first-order valence-electron chi connectivity index (χ1n) is 7.03. The molecule has 3 nitrogen and oxygen atoms in total. The lowest BCUT2D eigenvalue weighted by Crippen LogP contribution is -2.54. The van der Waals surface area contributed by atoms with Gasteiger partial charge in [-0.2, -0.15) is 0 Å². The van der Waals surface area contributed by atoms with Gasteiger partial charge < -0.3 is 15.6 Å². The van der Waals surface area contributed by atoms with E-state index in [1.54, 1.807) is 7.11 Å². The summed E-state index contributed by atoms with van der Waals surface area (Å²) in [5.74, 6) is 0. The van der Waals surface area contributed by atoms with Gasteiger partial charge in [0.2, 0.25) is 0 Å². The molecule has 0 bridgehead atoms. The molecule has 0 aliphatic heterocycles. The maximum atomic E-state index is 10.9. The van der Waals surface area contributed by atoms with Crippen LogP contribution in [0.5, 0.6) is 0 Å². The molecule has 0 amide bonds. The predicted molar refractivity (Wildman–Crippen MR) is 77.1 cm³/mol. The van der Waals surface area contributed by atoms with Gasteiger partial charge in [-0.05, 0) is 43.7 Å². The lowest BCUT2D eigenvalue weighted by atomic mass is 9.61. The first-order chi connectivity index (χ1) is 9.04. The zero-order valence-corrected chi connectivity index (χ0v) is 12.0. The highest BCUT2D eigenvalue weighted by Crippen LogP contribution is 2.44. The third-order valence-corrected chi connectivity index (χ3v) is 4.85. The minimum atomic E-state index is -0.786. The molecule has 0 fully saturated rings. The third kappa shape index (κ3) is 2.69. The van der Waals surface area contributed by atoms with E-state index in [1.807, 2.05) is 6.92 Å². The van der Waals surface area contributed by atoms with E-state index in [2.05, 4.69) is 24.3 Å².